The molecule has 5 rings (SSSR count). The second kappa shape index (κ2) is 6.71. The average molecular weight is 381 g/mol. The van der Waals surface area contributed by atoms with Crippen molar-refractivity contribution in [1.82, 2.24) is 14.5 Å². The lowest BCUT2D eigenvalue weighted by Gasteiger charge is -2.14. The van der Waals surface area contributed by atoms with Gasteiger partial charge in [0.05, 0.1) is 28.7 Å². The first-order valence-electron chi connectivity index (χ1n) is 9.57. The summed E-state index contributed by atoms with van der Waals surface area (Å²) in [5.74, 6) is 0.520. The molecule has 3 aromatic carbocycles. The van der Waals surface area contributed by atoms with E-state index in [0.717, 1.165) is 34.5 Å². The summed E-state index contributed by atoms with van der Waals surface area (Å²) in [5.41, 5.74) is 5.14. The van der Waals surface area contributed by atoms with E-state index in [4.69, 9.17) is 0 Å². The van der Waals surface area contributed by atoms with E-state index in [1.165, 1.54) is 4.90 Å². The van der Waals surface area contributed by atoms with Crippen LogP contribution < -0.4 is 0 Å². The number of nitrogens with zero attached hydrogens (tertiary/aromatic N) is 3. The number of amides is 2. The molecule has 5 heteroatoms. The van der Waals surface area contributed by atoms with Gasteiger partial charge in [-0.3, -0.25) is 14.5 Å². The summed E-state index contributed by atoms with van der Waals surface area (Å²) in [6.45, 7) is 3.01. The molecule has 0 atom stereocenters. The van der Waals surface area contributed by atoms with E-state index in [0.29, 0.717) is 11.1 Å². The molecule has 0 N–H and O–H groups in total. The zero-order chi connectivity index (χ0) is 20.0. The van der Waals surface area contributed by atoms with Gasteiger partial charge in [-0.15, -0.1) is 0 Å². The number of aryl methyl sites for hydroxylation is 1. The molecule has 0 radical (unpaired) electrons. The van der Waals surface area contributed by atoms with Crippen molar-refractivity contribution in [2.24, 2.45) is 0 Å². The van der Waals surface area contributed by atoms with Crippen molar-refractivity contribution in [3.8, 4) is 0 Å². The van der Waals surface area contributed by atoms with E-state index in [2.05, 4.69) is 15.6 Å². The van der Waals surface area contributed by atoms with E-state index in [1.807, 2.05) is 49.4 Å². The molecule has 1 aliphatic heterocycles. The molecule has 5 nitrogen and oxygen atoms in total. The lowest BCUT2D eigenvalue weighted by atomic mass is 10.1. The average Bonchev–Trinajstić information content (AvgIpc) is 3.19. The molecule has 2 amide bonds. The minimum Gasteiger partial charge on any atom is -0.324 e. The maximum atomic E-state index is 12.5. The lowest BCUT2D eigenvalue weighted by Crippen LogP contribution is -2.29. The van der Waals surface area contributed by atoms with Crippen LogP contribution >= 0.6 is 0 Å². The molecule has 1 aliphatic rings. The van der Waals surface area contributed by atoms with Crippen LogP contribution in [0.4, 0.5) is 0 Å². The van der Waals surface area contributed by atoms with Gasteiger partial charge in [0.2, 0.25) is 0 Å². The zero-order valence-electron chi connectivity index (χ0n) is 16.0. The number of carbonyl (C=O) groups is 2. The number of fused-ring (bicyclic) bond motifs is 2. The van der Waals surface area contributed by atoms with Crippen molar-refractivity contribution in [2.45, 2.75) is 20.0 Å². The van der Waals surface area contributed by atoms with Crippen LogP contribution in [-0.2, 0) is 13.1 Å². The zero-order valence-corrected chi connectivity index (χ0v) is 16.0. The van der Waals surface area contributed by atoms with Crippen molar-refractivity contribution in [2.75, 3.05) is 0 Å². The van der Waals surface area contributed by atoms with Crippen LogP contribution in [0.15, 0.2) is 72.8 Å². The van der Waals surface area contributed by atoms with Crippen LogP contribution in [0.5, 0.6) is 0 Å². The smallest absolute Gasteiger partial charge is 0.261 e. The van der Waals surface area contributed by atoms with Crippen LogP contribution in [-0.4, -0.2) is 26.3 Å². The van der Waals surface area contributed by atoms with Gasteiger partial charge in [-0.1, -0.05) is 48.5 Å². The predicted molar refractivity (Wildman–Crippen MR) is 111 cm³/mol. The molecule has 0 bridgehead atoms. The first kappa shape index (κ1) is 17.4. The highest BCUT2D eigenvalue weighted by atomic mass is 16.2. The number of rotatable bonds is 4. The normalized spacial score (nSPS) is 13.3. The summed E-state index contributed by atoms with van der Waals surface area (Å²) in [6, 6.07) is 23.1. The van der Waals surface area contributed by atoms with Gasteiger partial charge in [-0.2, -0.15) is 0 Å². The quantitative estimate of drug-likeness (QED) is 0.498. The summed E-state index contributed by atoms with van der Waals surface area (Å²) in [4.78, 5) is 31.0. The predicted octanol–water partition coefficient (Wildman–Crippen LogP) is 4.19. The molecule has 0 saturated heterocycles. The number of carbonyl (C=O) groups excluding carboxylic acids is 2. The van der Waals surface area contributed by atoms with Crippen LogP contribution in [0.1, 0.15) is 37.7 Å². The van der Waals surface area contributed by atoms with Crippen LogP contribution in [0, 0.1) is 6.92 Å². The van der Waals surface area contributed by atoms with Gasteiger partial charge in [0.1, 0.15) is 5.82 Å². The van der Waals surface area contributed by atoms with Crippen LogP contribution in [0.2, 0.25) is 0 Å². The number of imide groups is 1. The van der Waals surface area contributed by atoms with Gasteiger partial charge in [-0.05, 0) is 42.3 Å². The monoisotopic (exact) mass is 381 g/mol. The molecular formula is C24H19N3O2. The van der Waals surface area contributed by atoms with Gasteiger partial charge < -0.3 is 4.57 Å². The number of hydrogen-bond acceptors (Lipinski definition) is 3. The Morgan fingerprint density at radius 3 is 1.93 bits per heavy atom. The Balaban J connectivity index is 1.35. The van der Waals surface area contributed by atoms with E-state index in [1.54, 1.807) is 24.3 Å². The van der Waals surface area contributed by atoms with E-state index < -0.39 is 0 Å². The van der Waals surface area contributed by atoms with E-state index >= 15 is 0 Å². The highest BCUT2D eigenvalue weighted by Crippen LogP contribution is 2.24. The molecule has 0 saturated carbocycles. The van der Waals surface area contributed by atoms with Gasteiger partial charge in [0.15, 0.2) is 0 Å². The van der Waals surface area contributed by atoms with Gasteiger partial charge in [0.25, 0.3) is 11.8 Å². The Labute approximate surface area is 168 Å². The fourth-order valence-electron chi connectivity index (χ4n) is 3.89. The van der Waals surface area contributed by atoms with Crippen LogP contribution in [0.3, 0.4) is 0 Å². The standard InChI is InChI=1S/C24H19N3O2/c1-16-25-21-8-4-5-9-22(21)26(16)14-17-10-12-18(13-11-17)15-27-23(28)19-6-2-3-7-20(19)24(27)29/h2-13H,14-15H2,1H3. The molecule has 0 fully saturated rings. The summed E-state index contributed by atoms with van der Waals surface area (Å²) in [5, 5.41) is 0. The second-order valence-electron chi connectivity index (χ2n) is 7.29. The van der Waals surface area contributed by atoms with Crippen LogP contribution in [0.25, 0.3) is 11.0 Å². The number of imidazole rings is 1. The molecule has 0 spiro atoms. The van der Waals surface area contributed by atoms with Gasteiger partial charge >= 0.3 is 0 Å². The number of para-hydroxylation sites is 2. The molecule has 142 valence electrons. The van der Waals surface area contributed by atoms with Gasteiger partial charge in [0, 0.05) is 6.54 Å². The first-order chi connectivity index (χ1) is 14.1. The highest BCUT2D eigenvalue weighted by molar-refractivity contribution is 6.21. The number of hydrogen-bond donors (Lipinski definition) is 0. The largest absolute Gasteiger partial charge is 0.324 e. The second-order valence-corrected chi connectivity index (χ2v) is 7.29. The summed E-state index contributed by atoms with van der Waals surface area (Å²) in [6.07, 6.45) is 0. The molecule has 29 heavy (non-hydrogen) atoms. The van der Waals surface area contributed by atoms with Crippen molar-refractivity contribution in [3.05, 3.63) is 101 Å². The minimum atomic E-state index is -0.227. The van der Waals surface area contributed by atoms with Crippen molar-refractivity contribution < 1.29 is 9.59 Å². The minimum absolute atomic E-state index is 0.227. The topological polar surface area (TPSA) is 55.2 Å². The van der Waals surface area contributed by atoms with Crippen molar-refractivity contribution in [1.29, 1.82) is 0 Å². The fraction of sp³-hybridized carbons (Fsp3) is 0.125. The molecule has 4 aromatic rings. The Hall–Kier alpha value is -3.73. The van der Waals surface area contributed by atoms with E-state index in [9.17, 15) is 9.59 Å². The SMILES string of the molecule is Cc1nc2ccccc2n1Cc1ccc(CN2C(=O)c3ccccc3C2=O)cc1. The molecular weight excluding hydrogens is 362 g/mol. The van der Waals surface area contributed by atoms with Crippen molar-refractivity contribution in [3.63, 3.8) is 0 Å². The lowest BCUT2D eigenvalue weighted by molar-refractivity contribution is 0.0642. The molecule has 1 aromatic heterocycles. The highest BCUT2D eigenvalue weighted by Gasteiger charge is 2.34. The molecule has 0 aliphatic carbocycles. The summed E-state index contributed by atoms with van der Waals surface area (Å²) >= 11 is 0. The molecule has 2 heterocycles. The fourth-order valence-corrected chi connectivity index (χ4v) is 3.89. The summed E-state index contributed by atoms with van der Waals surface area (Å²) in [7, 11) is 0. The summed E-state index contributed by atoms with van der Waals surface area (Å²) < 4.78 is 2.19. The number of aromatic nitrogens is 2. The maximum absolute atomic E-state index is 12.5. The van der Waals surface area contributed by atoms with Gasteiger partial charge in [-0.25, -0.2) is 4.98 Å². The maximum Gasteiger partial charge on any atom is 0.261 e. The van der Waals surface area contributed by atoms with Crippen molar-refractivity contribution >= 4 is 22.8 Å². The Kier molecular flexibility index (Phi) is 4.02. The third-order valence-corrected chi connectivity index (χ3v) is 5.43. The Morgan fingerprint density at radius 2 is 1.28 bits per heavy atom. The first-order valence-corrected chi connectivity index (χ1v) is 9.57. The Bertz CT molecular complexity index is 1220. The number of benzene rings is 3. The Morgan fingerprint density at radius 1 is 0.724 bits per heavy atom. The van der Waals surface area contributed by atoms with E-state index in [-0.39, 0.29) is 18.4 Å². The third kappa shape index (κ3) is 2.91. The molecule has 0 unspecified atom stereocenters. The third-order valence-electron chi connectivity index (χ3n) is 5.43.